The second-order valence-electron chi connectivity index (χ2n) is 3.53. The molecule has 1 aromatic rings. The van der Waals surface area contributed by atoms with Crippen molar-refractivity contribution in [1.29, 1.82) is 0 Å². The van der Waals surface area contributed by atoms with E-state index in [1.54, 1.807) is 6.07 Å². The smallest absolute Gasteiger partial charge is 0.197 e. The number of carbonyl (C=O) groups excluding carboxylic acids is 1. The van der Waals surface area contributed by atoms with Gasteiger partial charge in [0.05, 0.1) is 0 Å². The van der Waals surface area contributed by atoms with Gasteiger partial charge in [0.2, 0.25) is 0 Å². The van der Waals surface area contributed by atoms with Crippen LogP contribution in [0.1, 0.15) is 27.9 Å². The summed E-state index contributed by atoms with van der Waals surface area (Å²) in [6.45, 7) is 1.91. The van der Waals surface area contributed by atoms with E-state index in [-0.39, 0.29) is 5.78 Å². The van der Waals surface area contributed by atoms with Crippen molar-refractivity contribution in [2.24, 2.45) is 0 Å². The fourth-order valence-electron chi connectivity index (χ4n) is 1.72. The Morgan fingerprint density at radius 2 is 2.23 bits per heavy atom. The molecule has 0 unspecified atom stereocenters. The normalized spacial score (nSPS) is 21.4. The fraction of sp³-hybridized carbons (Fsp3) is 0.364. The Labute approximate surface area is 76.6 Å². The van der Waals surface area contributed by atoms with Crippen LogP contribution in [0.25, 0.3) is 0 Å². The molecule has 2 heteroatoms. The second kappa shape index (κ2) is 2.95. The third kappa shape index (κ3) is 1.37. The zero-order chi connectivity index (χ0) is 9.42. The first kappa shape index (κ1) is 8.42. The van der Waals surface area contributed by atoms with Crippen LogP contribution in [-0.4, -0.2) is 12.0 Å². The van der Waals surface area contributed by atoms with Crippen LogP contribution in [0.4, 0.5) is 4.39 Å². The number of hydrogen-bond acceptors (Lipinski definition) is 1. The highest BCUT2D eigenvalue weighted by molar-refractivity contribution is 6.01. The number of ketones is 1. The standard InChI is InChI=1S/C11H11FO/c1-7-2-3-8-4-5-10(12)11(13)9(8)6-7/h2-3,6,10H,4-5H2,1H3/t10-/m0/s1. The Balaban J connectivity index is 2.51. The van der Waals surface area contributed by atoms with Crippen LogP contribution in [0.2, 0.25) is 0 Å². The Bertz CT molecular complexity index is 357. The van der Waals surface area contributed by atoms with Crippen molar-refractivity contribution in [3.05, 3.63) is 34.9 Å². The van der Waals surface area contributed by atoms with Crippen LogP contribution >= 0.6 is 0 Å². The first-order valence-electron chi connectivity index (χ1n) is 4.46. The van der Waals surface area contributed by atoms with E-state index in [0.717, 1.165) is 11.1 Å². The molecule has 0 heterocycles. The van der Waals surface area contributed by atoms with Crippen LogP contribution in [0.15, 0.2) is 18.2 Å². The lowest BCUT2D eigenvalue weighted by Gasteiger charge is -2.17. The van der Waals surface area contributed by atoms with E-state index in [1.165, 1.54) is 0 Å². The molecule has 0 amide bonds. The minimum atomic E-state index is -1.28. The van der Waals surface area contributed by atoms with Gasteiger partial charge in [-0.1, -0.05) is 17.7 Å². The number of fused-ring (bicyclic) bond motifs is 1. The molecule has 0 fully saturated rings. The Morgan fingerprint density at radius 3 is 3.00 bits per heavy atom. The quantitative estimate of drug-likeness (QED) is 0.596. The molecule has 2 rings (SSSR count). The average molecular weight is 178 g/mol. The molecule has 13 heavy (non-hydrogen) atoms. The van der Waals surface area contributed by atoms with Crippen molar-refractivity contribution in [3.63, 3.8) is 0 Å². The number of halogens is 1. The summed E-state index contributed by atoms with van der Waals surface area (Å²) in [6, 6.07) is 5.67. The summed E-state index contributed by atoms with van der Waals surface area (Å²) in [6.07, 6.45) is -0.258. The van der Waals surface area contributed by atoms with Crippen LogP contribution < -0.4 is 0 Å². The van der Waals surface area contributed by atoms with Gasteiger partial charge in [0.15, 0.2) is 12.0 Å². The zero-order valence-electron chi connectivity index (χ0n) is 7.51. The molecule has 0 aromatic heterocycles. The van der Waals surface area contributed by atoms with Gasteiger partial charge in [-0.2, -0.15) is 0 Å². The first-order valence-corrected chi connectivity index (χ1v) is 4.46. The lowest BCUT2D eigenvalue weighted by Crippen LogP contribution is -2.23. The molecular formula is C11H11FO. The van der Waals surface area contributed by atoms with Crippen molar-refractivity contribution in [1.82, 2.24) is 0 Å². The number of alkyl halides is 1. The lowest BCUT2D eigenvalue weighted by molar-refractivity contribution is 0.0856. The SMILES string of the molecule is Cc1ccc2c(c1)C(=O)[C@@H](F)CC2. The molecule has 1 aromatic carbocycles. The average Bonchev–Trinajstić information content (AvgIpc) is 2.12. The maximum Gasteiger partial charge on any atom is 0.197 e. The summed E-state index contributed by atoms with van der Waals surface area (Å²) < 4.78 is 13.0. The molecule has 0 saturated heterocycles. The summed E-state index contributed by atoms with van der Waals surface area (Å²) in [5.41, 5.74) is 2.59. The summed E-state index contributed by atoms with van der Waals surface area (Å²) >= 11 is 0. The lowest BCUT2D eigenvalue weighted by atomic mass is 9.88. The van der Waals surface area contributed by atoms with Crippen molar-refractivity contribution in [2.75, 3.05) is 0 Å². The molecule has 0 bridgehead atoms. The van der Waals surface area contributed by atoms with Gasteiger partial charge in [0.25, 0.3) is 0 Å². The predicted molar refractivity (Wildman–Crippen MR) is 48.7 cm³/mol. The maximum absolute atomic E-state index is 13.0. The molecular weight excluding hydrogens is 167 g/mol. The molecule has 1 aliphatic carbocycles. The van der Waals surface area contributed by atoms with Gasteiger partial charge in [-0.05, 0) is 31.4 Å². The van der Waals surface area contributed by atoms with Gasteiger partial charge in [0, 0.05) is 5.56 Å². The van der Waals surface area contributed by atoms with E-state index in [4.69, 9.17) is 0 Å². The van der Waals surface area contributed by atoms with Gasteiger partial charge < -0.3 is 0 Å². The zero-order valence-corrected chi connectivity index (χ0v) is 7.51. The highest BCUT2D eigenvalue weighted by Crippen LogP contribution is 2.23. The topological polar surface area (TPSA) is 17.1 Å². The number of aryl methyl sites for hydroxylation is 2. The molecule has 0 saturated carbocycles. The van der Waals surface area contributed by atoms with E-state index < -0.39 is 6.17 Å². The molecule has 1 aliphatic rings. The van der Waals surface area contributed by atoms with Gasteiger partial charge in [0.1, 0.15) is 0 Å². The molecule has 0 N–H and O–H groups in total. The van der Waals surface area contributed by atoms with E-state index in [9.17, 15) is 9.18 Å². The number of benzene rings is 1. The number of rotatable bonds is 0. The monoisotopic (exact) mass is 178 g/mol. The third-order valence-electron chi connectivity index (χ3n) is 2.48. The minimum absolute atomic E-state index is 0.342. The van der Waals surface area contributed by atoms with Gasteiger partial charge in [-0.25, -0.2) is 4.39 Å². The number of carbonyl (C=O) groups is 1. The van der Waals surface area contributed by atoms with Crippen LogP contribution in [0.3, 0.4) is 0 Å². The van der Waals surface area contributed by atoms with E-state index in [1.807, 2.05) is 19.1 Å². The largest absolute Gasteiger partial charge is 0.291 e. The van der Waals surface area contributed by atoms with E-state index in [0.29, 0.717) is 18.4 Å². The molecule has 1 nitrogen and oxygen atoms in total. The van der Waals surface area contributed by atoms with Gasteiger partial charge in [-0.15, -0.1) is 0 Å². The van der Waals surface area contributed by atoms with Crippen LogP contribution in [0, 0.1) is 6.92 Å². The number of hydrogen-bond donors (Lipinski definition) is 0. The molecule has 0 spiro atoms. The summed E-state index contributed by atoms with van der Waals surface area (Å²) in [4.78, 5) is 11.4. The minimum Gasteiger partial charge on any atom is -0.291 e. The highest BCUT2D eigenvalue weighted by Gasteiger charge is 2.26. The Hall–Kier alpha value is -1.18. The van der Waals surface area contributed by atoms with Crippen LogP contribution in [-0.2, 0) is 6.42 Å². The second-order valence-corrected chi connectivity index (χ2v) is 3.53. The van der Waals surface area contributed by atoms with Crippen molar-refractivity contribution in [3.8, 4) is 0 Å². The Morgan fingerprint density at radius 1 is 1.46 bits per heavy atom. The van der Waals surface area contributed by atoms with Crippen molar-refractivity contribution >= 4 is 5.78 Å². The highest BCUT2D eigenvalue weighted by atomic mass is 19.1. The van der Waals surface area contributed by atoms with Gasteiger partial charge in [-0.3, -0.25) is 4.79 Å². The van der Waals surface area contributed by atoms with Gasteiger partial charge >= 0.3 is 0 Å². The van der Waals surface area contributed by atoms with Crippen LogP contribution in [0.5, 0.6) is 0 Å². The summed E-state index contributed by atoms with van der Waals surface area (Å²) in [5, 5.41) is 0. The van der Waals surface area contributed by atoms with Crippen molar-refractivity contribution in [2.45, 2.75) is 25.9 Å². The first-order chi connectivity index (χ1) is 6.18. The molecule has 68 valence electrons. The summed E-state index contributed by atoms with van der Waals surface area (Å²) in [5.74, 6) is -0.343. The van der Waals surface area contributed by atoms with E-state index >= 15 is 0 Å². The summed E-state index contributed by atoms with van der Waals surface area (Å²) in [7, 11) is 0. The maximum atomic E-state index is 13.0. The third-order valence-corrected chi connectivity index (χ3v) is 2.48. The molecule has 0 radical (unpaired) electrons. The number of Topliss-reactive ketones (excluding diaryl/α,β-unsaturated/α-hetero) is 1. The molecule has 0 aliphatic heterocycles. The molecule has 1 atom stereocenters. The Kier molecular flexibility index (Phi) is 1.91. The van der Waals surface area contributed by atoms with Crippen molar-refractivity contribution < 1.29 is 9.18 Å². The predicted octanol–water partition coefficient (Wildman–Crippen LogP) is 2.46. The fourth-order valence-corrected chi connectivity index (χ4v) is 1.72. The van der Waals surface area contributed by atoms with E-state index in [2.05, 4.69) is 0 Å².